The molecule has 0 aromatic heterocycles. The van der Waals surface area contributed by atoms with Crippen LogP contribution in [0.2, 0.25) is 0 Å². The minimum atomic E-state index is -0.588. The van der Waals surface area contributed by atoms with Crippen LogP contribution in [0.25, 0.3) is 0 Å². The van der Waals surface area contributed by atoms with Gasteiger partial charge in [-0.1, -0.05) is 65.9 Å². The van der Waals surface area contributed by atoms with Gasteiger partial charge >= 0.3 is 0 Å². The molecule has 0 saturated heterocycles. The molecule has 8 heteroatoms. The number of amides is 2. The molecule has 3 aromatic carbocycles. The Morgan fingerprint density at radius 3 is 2.51 bits per heavy atom. The number of benzene rings is 3. The molecular weight excluding hydrogens is 484 g/mol. The lowest BCUT2D eigenvalue weighted by atomic mass is 9.98. The largest absolute Gasteiger partial charge is 0.497 e. The van der Waals surface area contributed by atoms with Gasteiger partial charge in [-0.2, -0.15) is 10.1 Å². The van der Waals surface area contributed by atoms with E-state index in [0.29, 0.717) is 17.3 Å². The molecule has 0 saturated carbocycles. The molecule has 2 aliphatic rings. The average Bonchev–Trinajstić information content (AvgIpc) is 3.48. The van der Waals surface area contributed by atoms with Crippen LogP contribution in [0, 0.1) is 13.8 Å². The van der Waals surface area contributed by atoms with Crippen molar-refractivity contribution in [1.29, 1.82) is 0 Å². The third kappa shape index (κ3) is 5.59. The number of rotatable bonds is 6. The van der Waals surface area contributed by atoms with E-state index < -0.39 is 5.25 Å². The first-order valence-electron chi connectivity index (χ1n) is 12.1. The number of amidine groups is 1. The zero-order chi connectivity index (χ0) is 25.9. The predicted molar refractivity (Wildman–Crippen MR) is 148 cm³/mol. The van der Waals surface area contributed by atoms with Crippen LogP contribution in [0.1, 0.15) is 41.1 Å². The fraction of sp³-hybridized carbons (Fsp3) is 0.241. The summed E-state index contributed by atoms with van der Waals surface area (Å²) in [7, 11) is 1.64. The second kappa shape index (κ2) is 10.6. The van der Waals surface area contributed by atoms with Crippen molar-refractivity contribution >= 4 is 40.1 Å². The van der Waals surface area contributed by atoms with Crippen molar-refractivity contribution in [3.63, 3.8) is 0 Å². The lowest BCUT2D eigenvalue weighted by Crippen LogP contribution is -2.25. The Morgan fingerprint density at radius 1 is 1.05 bits per heavy atom. The summed E-state index contributed by atoms with van der Waals surface area (Å²) in [6.07, 6.45) is 0.710. The van der Waals surface area contributed by atoms with Gasteiger partial charge in [0.15, 0.2) is 5.17 Å². The zero-order valence-corrected chi connectivity index (χ0v) is 21.8. The summed E-state index contributed by atoms with van der Waals surface area (Å²) in [6, 6.07) is 23.6. The maximum absolute atomic E-state index is 12.8. The molecule has 0 radical (unpaired) electrons. The fourth-order valence-corrected chi connectivity index (χ4v) is 5.46. The number of anilines is 1. The number of aryl methyl sites for hydroxylation is 2. The van der Waals surface area contributed by atoms with E-state index in [9.17, 15) is 9.59 Å². The van der Waals surface area contributed by atoms with Gasteiger partial charge in [-0.25, -0.2) is 5.01 Å². The SMILES string of the molecule is COc1ccc([C@@H]2CC(c3ccc(C)cc3)=NN2C2=NC(=O)[C@H](CC(=O)Nc3cccc(C)c3)S2)cc1. The lowest BCUT2D eigenvalue weighted by Gasteiger charge is -2.23. The number of ether oxygens (including phenoxy) is 1. The van der Waals surface area contributed by atoms with Crippen molar-refractivity contribution in [3.8, 4) is 5.75 Å². The molecule has 0 unspecified atom stereocenters. The summed E-state index contributed by atoms with van der Waals surface area (Å²) in [6.45, 7) is 4.02. The highest BCUT2D eigenvalue weighted by Gasteiger charge is 2.39. The molecule has 2 atom stereocenters. The maximum atomic E-state index is 12.8. The van der Waals surface area contributed by atoms with Gasteiger partial charge in [0, 0.05) is 18.5 Å². The summed E-state index contributed by atoms with van der Waals surface area (Å²) in [5.74, 6) is 0.243. The van der Waals surface area contributed by atoms with Crippen molar-refractivity contribution < 1.29 is 14.3 Å². The number of thioether (sulfide) groups is 1. The Bertz CT molecular complexity index is 1380. The summed E-state index contributed by atoms with van der Waals surface area (Å²) < 4.78 is 5.32. The number of hydrogen-bond donors (Lipinski definition) is 1. The van der Waals surface area contributed by atoms with Crippen LogP contribution in [0.15, 0.2) is 82.9 Å². The van der Waals surface area contributed by atoms with E-state index in [1.807, 2.05) is 60.5 Å². The first kappa shape index (κ1) is 24.8. The summed E-state index contributed by atoms with van der Waals surface area (Å²) in [4.78, 5) is 29.8. The fourth-order valence-electron chi connectivity index (χ4n) is 4.40. The van der Waals surface area contributed by atoms with Gasteiger partial charge in [-0.3, -0.25) is 9.59 Å². The van der Waals surface area contributed by atoms with E-state index in [-0.39, 0.29) is 24.3 Å². The van der Waals surface area contributed by atoms with Crippen molar-refractivity contribution in [1.82, 2.24) is 5.01 Å². The first-order chi connectivity index (χ1) is 17.9. The summed E-state index contributed by atoms with van der Waals surface area (Å²) in [5, 5.41) is 9.55. The Hall–Kier alpha value is -3.91. The van der Waals surface area contributed by atoms with Crippen LogP contribution in [0.4, 0.5) is 5.69 Å². The molecule has 5 rings (SSSR count). The average molecular weight is 513 g/mol. The molecule has 7 nitrogen and oxygen atoms in total. The minimum Gasteiger partial charge on any atom is -0.497 e. The molecule has 0 spiro atoms. The van der Waals surface area contributed by atoms with E-state index >= 15 is 0 Å². The Balaban J connectivity index is 1.35. The maximum Gasteiger partial charge on any atom is 0.262 e. The second-order valence-corrected chi connectivity index (χ2v) is 10.4. The van der Waals surface area contributed by atoms with Crippen LogP contribution in [0.5, 0.6) is 5.75 Å². The lowest BCUT2D eigenvalue weighted by molar-refractivity contribution is -0.121. The third-order valence-corrected chi connectivity index (χ3v) is 7.54. The van der Waals surface area contributed by atoms with Gasteiger partial charge < -0.3 is 10.1 Å². The highest BCUT2D eigenvalue weighted by Crippen LogP contribution is 2.39. The van der Waals surface area contributed by atoms with Gasteiger partial charge in [0.2, 0.25) is 5.91 Å². The molecule has 2 aliphatic heterocycles. The highest BCUT2D eigenvalue weighted by atomic mass is 32.2. The van der Waals surface area contributed by atoms with Crippen molar-refractivity contribution in [2.24, 2.45) is 10.1 Å². The Morgan fingerprint density at radius 2 is 1.81 bits per heavy atom. The van der Waals surface area contributed by atoms with Crippen molar-refractivity contribution in [2.45, 2.75) is 38.0 Å². The number of aliphatic imine (C=N–C) groups is 1. The molecule has 2 heterocycles. The highest BCUT2D eigenvalue weighted by molar-refractivity contribution is 8.15. The number of carbonyl (C=O) groups excluding carboxylic acids is 2. The molecule has 3 aromatic rings. The molecule has 188 valence electrons. The van der Waals surface area contributed by atoms with Crippen LogP contribution < -0.4 is 10.1 Å². The molecule has 1 N–H and O–H groups in total. The number of methoxy groups -OCH3 is 1. The Labute approximate surface area is 220 Å². The van der Waals surface area contributed by atoms with E-state index in [1.165, 1.54) is 17.3 Å². The molecule has 0 bridgehead atoms. The molecular formula is C29H28N4O3S. The number of nitrogens with zero attached hydrogens (tertiary/aromatic N) is 3. The van der Waals surface area contributed by atoms with Gasteiger partial charge in [0.05, 0.1) is 18.9 Å². The minimum absolute atomic E-state index is 0.0417. The van der Waals surface area contributed by atoms with E-state index in [0.717, 1.165) is 28.2 Å². The topological polar surface area (TPSA) is 83.4 Å². The number of nitrogens with one attached hydrogen (secondary N) is 1. The molecule has 0 aliphatic carbocycles. The monoisotopic (exact) mass is 512 g/mol. The first-order valence-corrected chi connectivity index (χ1v) is 13.0. The number of carbonyl (C=O) groups is 2. The van der Waals surface area contributed by atoms with Crippen LogP contribution in [-0.4, -0.2) is 40.1 Å². The van der Waals surface area contributed by atoms with Gasteiger partial charge in [-0.05, 0) is 54.8 Å². The number of hydrazone groups is 1. The van der Waals surface area contributed by atoms with Gasteiger partial charge in [0.1, 0.15) is 11.0 Å². The van der Waals surface area contributed by atoms with E-state index in [4.69, 9.17) is 9.84 Å². The predicted octanol–water partition coefficient (Wildman–Crippen LogP) is 5.49. The number of hydrogen-bond acceptors (Lipinski definition) is 6. The van der Waals surface area contributed by atoms with Crippen molar-refractivity contribution in [2.75, 3.05) is 12.4 Å². The van der Waals surface area contributed by atoms with Gasteiger partial charge in [0.25, 0.3) is 5.91 Å². The quantitative estimate of drug-likeness (QED) is 0.472. The normalized spacial score (nSPS) is 19.0. The standard InChI is InChI=1S/C29H28N4O3S/c1-18-7-9-20(10-8-18)24-16-25(21-11-13-23(36-3)14-12-21)33(32-24)29-31-28(35)26(37-29)17-27(34)30-22-6-4-5-19(2)15-22/h4-15,25-26H,16-17H2,1-3H3,(H,30,34)/t25-,26-/m0/s1. The summed E-state index contributed by atoms with van der Waals surface area (Å²) in [5.41, 5.74) is 5.96. The van der Waals surface area contributed by atoms with Gasteiger partial charge in [-0.15, -0.1) is 0 Å². The molecule has 0 fully saturated rings. The zero-order valence-electron chi connectivity index (χ0n) is 21.0. The summed E-state index contributed by atoms with van der Waals surface area (Å²) >= 11 is 1.30. The third-order valence-electron chi connectivity index (χ3n) is 6.39. The van der Waals surface area contributed by atoms with E-state index in [2.05, 4.69) is 41.5 Å². The Kier molecular flexibility index (Phi) is 7.10. The van der Waals surface area contributed by atoms with Crippen LogP contribution in [-0.2, 0) is 9.59 Å². The molecule has 37 heavy (non-hydrogen) atoms. The van der Waals surface area contributed by atoms with Crippen LogP contribution in [0.3, 0.4) is 0 Å². The second-order valence-electron chi connectivity index (χ2n) is 9.21. The van der Waals surface area contributed by atoms with E-state index in [1.54, 1.807) is 7.11 Å². The molecule has 2 amide bonds. The van der Waals surface area contributed by atoms with Crippen molar-refractivity contribution in [3.05, 3.63) is 95.1 Å². The van der Waals surface area contributed by atoms with Crippen LogP contribution >= 0.6 is 11.8 Å². The smallest absolute Gasteiger partial charge is 0.262 e.